The second-order valence-electron chi connectivity index (χ2n) is 9.40. The maximum Gasteiger partial charge on any atom is 0.410 e. The minimum atomic E-state index is -0.551. The van der Waals surface area contributed by atoms with Gasteiger partial charge in [-0.25, -0.2) is 14.6 Å². The number of amides is 1. The van der Waals surface area contributed by atoms with Crippen LogP contribution in [0.15, 0.2) is 6.20 Å². The van der Waals surface area contributed by atoms with Crippen LogP contribution in [0.4, 0.5) is 10.6 Å². The van der Waals surface area contributed by atoms with Crippen LogP contribution in [0.25, 0.3) is 0 Å². The van der Waals surface area contributed by atoms with Crippen molar-refractivity contribution in [3.8, 4) is 0 Å². The van der Waals surface area contributed by atoms with E-state index in [0.717, 1.165) is 38.9 Å². The van der Waals surface area contributed by atoms with Crippen molar-refractivity contribution in [1.82, 2.24) is 19.8 Å². The average molecular weight is 443 g/mol. The van der Waals surface area contributed by atoms with Crippen LogP contribution < -0.4 is 10.5 Å². The predicted octanol–water partition coefficient (Wildman–Crippen LogP) is 1.36. The number of rotatable bonds is 4. The number of piperidine rings is 1. The second kappa shape index (κ2) is 10.1. The van der Waals surface area contributed by atoms with E-state index >= 15 is 0 Å². The first-order valence-corrected chi connectivity index (χ1v) is 11.3. The van der Waals surface area contributed by atoms with Gasteiger partial charge in [0.25, 0.3) is 0 Å². The Bertz CT molecular complexity index is 823. The van der Waals surface area contributed by atoms with Crippen LogP contribution in [0.2, 0.25) is 0 Å². The lowest BCUT2D eigenvalue weighted by atomic mass is 9.97. The van der Waals surface area contributed by atoms with Crippen molar-refractivity contribution < 1.29 is 19.1 Å². The molecule has 0 unspecified atom stereocenters. The molecule has 0 N–H and O–H groups in total. The summed E-state index contributed by atoms with van der Waals surface area (Å²) in [5.74, 6) is 0.0558. The monoisotopic (exact) mass is 443 g/mol. The van der Waals surface area contributed by atoms with Gasteiger partial charge >= 0.3 is 12.1 Å². The van der Waals surface area contributed by atoms with E-state index in [2.05, 4.69) is 31.4 Å². The van der Waals surface area contributed by atoms with E-state index in [0.29, 0.717) is 31.0 Å². The Kier molecular flexibility index (Phi) is 7.64. The van der Waals surface area contributed by atoms with Gasteiger partial charge in [0.2, 0.25) is 0 Å². The lowest BCUT2D eigenvalue weighted by molar-refractivity contribution is 0.00943. The van der Waals surface area contributed by atoms with Gasteiger partial charge in [-0.05, 0) is 40.0 Å². The molecule has 3 rings (SSSR count). The van der Waals surface area contributed by atoms with Crippen LogP contribution in [-0.4, -0.2) is 97.2 Å². The fourth-order valence-corrected chi connectivity index (χ4v) is 4.46. The van der Waals surface area contributed by atoms with Gasteiger partial charge in [0.05, 0.1) is 13.3 Å². The topological polar surface area (TPSA) is 88.1 Å². The summed E-state index contributed by atoms with van der Waals surface area (Å²) >= 11 is 0. The van der Waals surface area contributed by atoms with E-state index in [1.54, 1.807) is 0 Å². The molecule has 0 aromatic carbocycles. The highest BCUT2D eigenvalue weighted by Gasteiger charge is 2.35. The van der Waals surface area contributed by atoms with Gasteiger partial charge in [-0.2, -0.15) is 0 Å². The number of esters is 1. The van der Waals surface area contributed by atoms with Crippen LogP contribution in [0.5, 0.6) is 0 Å². The zero-order valence-corrected chi connectivity index (χ0v) is 19.8. The molecule has 0 spiro atoms. The summed E-state index contributed by atoms with van der Waals surface area (Å²) < 4.78 is 10.2. The molecule has 174 valence electrons. The van der Waals surface area contributed by atoms with Crippen LogP contribution in [0, 0.1) is 0 Å². The molecule has 2 saturated heterocycles. The summed E-state index contributed by atoms with van der Waals surface area (Å²) in [4.78, 5) is 39.1. The van der Waals surface area contributed by atoms with E-state index in [9.17, 15) is 9.59 Å². The molecular weight excluding hydrogens is 409 g/mol. The first kappa shape index (κ1) is 24.3. The molecule has 1 aromatic heterocycles. The molecule has 2 radical (unpaired) electrons. The lowest BCUT2D eigenvalue weighted by Gasteiger charge is -2.47. The third-order valence-corrected chi connectivity index (χ3v) is 6.06. The van der Waals surface area contributed by atoms with E-state index < -0.39 is 11.6 Å². The molecule has 0 bridgehead atoms. The maximum absolute atomic E-state index is 12.4. The lowest BCUT2D eigenvalue weighted by Crippen LogP contribution is -2.59. The van der Waals surface area contributed by atoms with E-state index in [-0.39, 0.29) is 17.4 Å². The minimum absolute atomic E-state index is 0.108. The molecule has 2 fully saturated rings. The third-order valence-electron chi connectivity index (χ3n) is 6.06. The summed E-state index contributed by atoms with van der Waals surface area (Å²) in [5, 5.41) is 0. The summed E-state index contributed by atoms with van der Waals surface area (Å²) in [5.41, 5.74) is -0.129. The molecule has 0 saturated carbocycles. The highest BCUT2D eigenvalue weighted by molar-refractivity contribution is 6.34. The van der Waals surface area contributed by atoms with Crippen molar-refractivity contribution >= 4 is 31.3 Å². The zero-order valence-electron chi connectivity index (χ0n) is 19.8. The van der Waals surface area contributed by atoms with Gasteiger partial charge in [0.15, 0.2) is 5.69 Å². The molecule has 1 amide bonds. The molecule has 9 nitrogen and oxygen atoms in total. The fourth-order valence-electron chi connectivity index (χ4n) is 4.46. The Morgan fingerprint density at radius 2 is 1.88 bits per heavy atom. The summed E-state index contributed by atoms with van der Waals surface area (Å²) in [6.07, 6.45) is 4.06. The predicted molar refractivity (Wildman–Crippen MR) is 123 cm³/mol. The highest BCUT2D eigenvalue weighted by Crippen LogP contribution is 2.25. The Labute approximate surface area is 191 Å². The number of carbonyl (C=O) groups excluding carboxylic acids is 2. The normalized spacial score (nSPS) is 20.8. The first-order chi connectivity index (χ1) is 15.1. The van der Waals surface area contributed by atoms with E-state index in [4.69, 9.17) is 12.6 Å². The van der Waals surface area contributed by atoms with Crippen molar-refractivity contribution in [3.63, 3.8) is 0 Å². The average Bonchev–Trinajstić information content (AvgIpc) is 2.77. The molecule has 0 aliphatic carbocycles. The number of hydrogen-bond acceptors (Lipinski definition) is 8. The number of likely N-dealkylation sites (tertiary alicyclic amines) is 1. The second-order valence-corrected chi connectivity index (χ2v) is 9.40. The van der Waals surface area contributed by atoms with Crippen LogP contribution in [0.3, 0.4) is 0 Å². The third kappa shape index (κ3) is 5.71. The van der Waals surface area contributed by atoms with Gasteiger partial charge in [-0.15, -0.1) is 0 Å². The summed E-state index contributed by atoms with van der Waals surface area (Å²) in [6.45, 7) is 11.7. The van der Waals surface area contributed by atoms with Crippen molar-refractivity contribution in [2.24, 2.45) is 0 Å². The van der Waals surface area contributed by atoms with Crippen LogP contribution in [0.1, 0.15) is 57.4 Å². The van der Waals surface area contributed by atoms with Crippen molar-refractivity contribution in [2.45, 2.75) is 64.6 Å². The molecule has 3 heterocycles. The van der Waals surface area contributed by atoms with Crippen molar-refractivity contribution in [3.05, 3.63) is 11.9 Å². The number of anilines is 1. The molecule has 2 aliphatic heterocycles. The Balaban J connectivity index is 1.60. The number of hydrogen-bond donors (Lipinski definition) is 0. The van der Waals surface area contributed by atoms with Gasteiger partial charge in [-0.1, -0.05) is 6.92 Å². The molecular formula is C22H34BN5O4. The fraction of sp³-hybridized carbons (Fsp3) is 0.727. The Morgan fingerprint density at radius 3 is 2.44 bits per heavy atom. The standard InChI is InChI=1S/C22H34BN5O4/c1-6-15-14-27(19-18(23)25-17(13-24-19)20(29)31-5)11-12-28(15)16-7-9-26(10-8-16)21(30)32-22(2,3)4/h13,15-16H,6-12,14H2,1-5H3/t15-/m0/s1. The number of ether oxygens (including phenoxy) is 2. The largest absolute Gasteiger partial charge is 0.464 e. The number of piperazine rings is 1. The van der Waals surface area contributed by atoms with Gasteiger partial charge in [0.1, 0.15) is 19.3 Å². The molecule has 1 aromatic rings. The van der Waals surface area contributed by atoms with Crippen molar-refractivity contribution in [2.75, 3.05) is 44.7 Å². The summed E-state index contributed by atoms with van der Waals surface area (Å²) in [6, 6.07) is 0.786. The van der Waals surface area contributed by atoms with Gasteiger partial charge < -0.3 is 19.3 Å². The Morgan fingerprint density at radius 1 is 1.19 bits per heavy atom. The number of nitrogens with zero attached hydrogens (tertiary/aromatic N) is 5. The molecule has 32 heavy (non-hydrogen) atoms. The number of carbonyl (C=O) groups is 2. The molecule has 1 atom stereocenters. The number of methoxy groups -OCH3 is 1. The first-order valence-electron chi connectivity index (χ1n) is 11.3. The highest BCUT2D eigenvalue weighted by atomic mass is 16.6. The van der Waals surface area contributed by atoms with Gasteiger partial charge in [-0.3, -0.25) is 9.88 Å². The SMILES string of the molecule is [B]c1nc(C(=O)OC)cnc1N1CCN(C2CCN(C(=O)OC(C)(C)C)CC2)[C@@H](CC)C1. The molecule has 2 aliphatic rings. The molecule has 10 heteroatoms. The van der Waals surface area contributed by atoms with E-state index in [1.165, 1.54) is 13.3 Å². The van der Waals surface area contributed by atoms with Crippen LogP contribution >= 0.6 is 0 Å². The summed E-state index contributed by atoms with van der Waals surface area (Å²) in [7, 11) is 7.41. The minimum Gasteiger partial charge on any atom is -0.464 e. The maximum atomic E-state index is 12.4. The zero-order chi connectivity index (χ0) is 23.5. The number of aromatic nitrogens is 2. The Hall–Kier alpha value is -2.36. The quantitative estimate of drug-likeness (QED) is 0.509. The van der Waals surface area contributed by atoms with Gasteiger partial charge in [0, 0.05) is 50.4 Å². The smallest absolute Gasteiger partial charge is 0.410 e. The van der Waals surface area contributed by atoms with Crippen LogP contribution in [-0.2, 0) is 9.47 Å². The van der Waals surface area contributed by atoms with Crippen molar-refractivity contribution in [1.29, 1.82) is 0 Å². The van der Waals surface area contributed by atoms with E-state index in [1.807, 2.05) is 25.7 Å².